The Morgan fingerprint density at radius 1 is 1.62 bits per heavy atom. The molecule has 21 heavy (non-hydrogen) atoms. The topological polar surface area (TPSA) is 56.1 Å². The molecule has 0 aliphatic heterocycles. The van der Waals surface area contributed by atoms with Crippen molar-refractivity contribution >= 4 is 17.7 Å². The van der Waals surface area contributed by atoms with Crippen molar-refractivity contribution in [3.63, 3.8) is 0 Å². The van der Waals surface area contributed by atoms with Crippen LogP contribution in [0.15, 0.2) is 17.6 Å². The van der Waals surface area contributed by atoms with Gasteiger partial charge in [-0.2, -0.15) is 0 Å². The van der Waals surface area contributed by atoms with Gasteiger partial charge in [0.25, 0.3) is 0 Å². The first-order valence-electron chi connectivity index (χ1n) is 7.60. The van der Waals surface area contributed by atoms with E-state index < -0.39 is 5.54 Å². The van der Waals surface area contributed by atoms with E-state index in [0.29, 0.717) is 12.6 Å². The highest BCUT2D eigenvalue weighted by molar-refractivity contribution is 7.99. The molecule has 118 valence electrons. The van der Waals surface area contributed by atoms with E-state index in [0.717, 1.165) is 36.6 Å². The van der Waals surface area contributed by atoms with Crippen molar-refractivity contribution in [1.29, 1.82) is 0 Å². The number of imidazole rings is 1. The molecule has 0 spiro atoms. The number of carbonyl (C=O) groups is 1. The SMILES string of the molecule is CCOC(=O)C(C)(CCCSc1nccn1C)NC1CC1. The second kappa shape index (κ2) is 7.31. The largest absolute Gasteiger partial charge is 0.465 e. The first-order chi connectivity index (χ1) is 10.0. The van der Waals surface area contributed by atoms with E-state index in [2.05, 4.69) is 10.3 Å². The zero-order valence-corrected chi connectivity index (χ0v) is 13.9. The zero-order valence-electron chi connectivity index (χ0n) is 13.1. The van der Waals surface area contributed by atoms with Crippen LogP contribution in [0.25, 0.3) is 0 Å². The summed E-state index contributed by atoms with van der Waals surface area (Å²) in [5.74, 6) is 0.825. The van der Waals surface area contributed by atoms with Gasteiger partial charge in [0.1, 0.15) is 5.54 Å². The van der Waals surface area contributed by atoms with Crippen molar-refractivity contribution < 1.29 is 9.53 Å². The second-order valence-electron chi connectivity index (χ2n) is 5.74. The fraction of sp³-hybridized carbons (Fsp3) is 0.733. The first kappa shape index (κ1) is 16.4. The molecule has 1 unspecified atom stereocenters. The number of esters is 1. The maximum absolute atomic E-state index is 12.2. The molecule has 0 radical (unpaired) electrons. The molecule has 0 bridgehead atoms. The van der Waals surface area contributed by atoms with Crippen molar-refractivity contribution in [2.24, 2.45) is 7.05 Å². The van der Waals surface area contributed by atoms with Crippen molar-refractivity contribution in [2.75, 3.05) is 12.4 Å². The number of nitrogens with zero attached hydrogens (tertiary/aromatic N) is 2. The van der Waals surface area contributed by atoms with Crippen LogP contribution in [0.1, 0.15) is 39.5 Å². The monoisotopic (exact) mass is 311 g/mol. The Kier molecular flexibility index (Phi) is 5.70. The molecule has 1 atom stereocenters. The number of thioether (sulfide) groups is 1. The molecule has 1 aromatic heterocycles. The van der Waals surface area contributed by atoms with E-state index in [1.54, 1.807) is 18.0 Å². The van der Waals surface area contributed by atoms with Gasteiger partial charge >= 0.3 is 5.97 Å². The molecule has 1 aromatic rings. The van der Waals surface area contributed by atoms with E-state index in [-0.39, 0.29) is 5.97 Å². The quantitative estimate of drug-likeness (QED) is 0.431. The van der Waals surface area contributed by atoms with Gasteiger partial charge in [0, 0.05) is 31.2 Å². The normalized spacial score (nSPS) is 17.5. The molecular weight excluding hydrogens is 286 g/mol. The molecule has 0 aromatic carbocycles. The number of hydrogen-bond donors (Lipinski definition) is 1. The summed E-state index contributed by atoms with van der Waals surface area (Å²) in [4.78, 5) is 16.5. The fourth-order valence-corrected chi connectivity index (χ4v) is 3.15. The van der Waals surface area contributed by atoms with E-state index >= 15 is 0 Å². The Hall–Kier alpha value is -1.01. The van der Waals surface area contributed by atoms with E-state index in [4.69, 9.17) is 4.74 Å². The highest BCUT2D eigenvalue weighted by Gasteiger charge is 2.39. The predicted molar refractivity (Wildman–Crippen MR) is 84.4 cm³/mol. The Balaban J connectivity index is 1.80. The summed E-state index contributed by atoms with van der Waals surface area (Å²) in [6.07, 6.45) is 7.82. The number of carbonyl (C=O) groups excluding carboxylic acids is 1. The van der Waals surface area contributed by atoms with Crippen LogP contribution in [0, 0.1) is 0 Å². The van der Waals surface area contributed by atoms with Crippen LogP contribution in [0.4, 0.5) is 0 Å². The number of rotatable bonds is 9. The summed E-state index contributed by atoms with van der Waals surface area (Å²) in [6, 6.07) is 0.488. The van der Waals surface area contributed by atoms with Gasteiger partial charge in [-0.3, -0.25) is 10.1 Å². The number of aryl methyl sites for hydroxylation is 1. The van der Waals surface area contributed by atoms with Gasteiger partial charge in [0.15, 0.2) is 5.16 Å². The minimum Gasteiger partial charge on any atom is -0.465 e. The number of nitrogens with one attached hydrogen (secondary N) is 1. The van der Waals surface area contributed by atoms with E-state index in [1.165, 1.54) is 0 Å². The summed E-state index contributed by atoms with van der Waals surface area (Å²) < 4.78 is 7.24. The van der Waals surface area contributed by atoms with Crippen LogP contribution in [0.3, 0.4) is 0 Å². The highest BCUT2D eigenvalue weighted by Crippen LogP contribution is 2.27. The summed E-state index contributed by atoms with van der Waals surface area (Å²) >= 11 is 1.73. The molecule has 1 aliphatic rings. The molecule has 6 heteroatoms. The maximum Gasteiger partial charge on any atom is 0.326 e. The van der Waals surface area contributed by atoms with Crippen molar-refractivity contribution in [3.05, 3.63) is 12.4 Å². The van der Waals surface area contributed by atoms with Gasteiger partial charge in [-0.05, 0) is 39.5 Å². The standard InChI is InChI=1S/C15H25N3O2S/c1-4-20-13(19)15(2,17-12-6-7-12)8-5-11-21-14-16-9-10-18(14)3/h9-10,12,17H,4-8,11H2,1-3H3. The lowest BCUT2D eigenvalue weighted by molar-refractivity contribution is -0.151. The molecule has 1 fully saturated rings. The summed E-state index contributed by atoms with van der Waals surface area (Å²) in [5.41, 5.74) is -0.556. The first-order valence-corrected chi connectivity index (χ1v) is 8.59. The Morgan fingerprint density at radius 2 is 2.38 bits per heavy atom. The number of hydrogen-bond acceptors (Lipinski definition) is 5. The lowest BCUT2D eigenvalue weighted by Gasteiger charge is -2.28. The van der Waals surface area contributed by atoms with Gasteiger partial charge in [-0.15, -0.1) is 0 Å². The summed E-state index contributed by atoms with van der Waals surface area (Å²) in [6.45, 7) is 4.25. The Bertz CT molecular complexity index is 473. The van der Waals surface area contributed by atoms with Crippen molar-refractivity contribution in [3.8, 4) is 0 Å². The smallest absolute Gasteiger partial charge is 0.326 e. The summed E-state index contributed by atoms with van der Waals surface area (Å²) in [5, 5.41) is 4.47. The summed E-state index contributed by atoms with van der Waals surface area (Å²) in [7, 11) is 1.99. The molecule has 5 nitrogen and oxygen atoms in total. The van der Waals surface area contributed by atoms with E-state index in [1.807, 2.05) is 31.7 Å². The van der Waals surface area contributed by atoms with Gasteiger partial charge in [0.05, 0.1) is 6.61 Å². The average molecular weight is 311 g/mol. The molecular formula is C15H25N3O2S. The Labute approximate surface area is 130 Å². The van der Waals surface area contributed by atoms with Crippen molar-refractivity contribution in [2.45, 2.75) is 56.3 Å². The van der Waals surface area contributed by atoms with Crippen LogP contribution in [0.5, 0.6) is 0 Å². The molecule has 0 saturated heterocycles. The second-order valence-corrected chi connectivity index (χ2v) is 6.81. The third-order valence-corrected chi connectivity index (χ3v) is 4.80. The van der Waals surface area contributed by atoms with E-state index in [9.17, 15) is 4.79 Å². The molecule has 0 amide bonds. The third kappa shape index (κ3) is 4.74. The third-order valence-electron chi connectivity index (χ3n) is 3.66. The van der Waals surface area contributed by atoms with Gasteiger partial charge in [-0.25, -0.2) is 4.98 Å². The van der Waals surface area contributed by atoms with Gasteiger partial charge in [0.2, 0.25) is 0 Å². The average Bonchev–Trinajstić information content (AvgIpc) is 3.16. The molecule has 1 saturated carbocycles. The van der Waals surface area contributed by atoms with Crippen LogP contribution in [-0.2, 0) is 16.6 Å². The van der Waals surface area contributed by atoms with Crippen LogP contribution in [-0.4, -0.2) is 39.5 Å². The van der Waals surface area contributed by atoms with Gasteiger partial charge in [-0.1, -0.05) is 11.8 Å². The lowest BCUT2D eigenvalue weighted by Crippen LogP contribution is -2.51. The van der Waals surface area contributed by atoms with Crippen LogP contribution < -0.4 is 5.32 Å². The molecule has 1 aliphatic carbocycles. The van der Waals surface area contributed by atoms with Crippen LogP contribution >= 0.6 is 11.8 Å². The maximum atomic E-state index is 12.2. The fourth-order valence-electron chi connectivity index (χ4n) is 2.28. The Morgan fingerprint density at radius 3 is 2.95 bits per heavy atom. The lowest BCUT2D eigenvalue weighted by atomic mass is 9.96. The van der Waals surface area contributed by atoms with Gasteiger partial charge < -0.3 is 9.30 Å². The minimum atomic E-state index is -0.556. The minimum absolute atomic E-state index is 0.126. The zero-order chi connectivity index (χ0) is 15.3. The highest BCUT2D eigenvalue weighted by atomic mass is 32.2. The molecule has 1 N–H and O–H groups in total. The van der Waals surface area contributed by atoms with Crippen molar-refractivity contribution in [1.82, 2.24) is 14.9 Å². The predicted octanol–water partition coefficient (Wildman–Crippen LogP) is 2.37. The number of ether oxygens (including phenoxy) is 1. The number of aromatic nitrogens is 2. The molecule has 1 heterocycles. The van der Waals surface area contributed by atoms with Crippen LogP contribution in [0.2, 0.25) is 0 Å². The molecule has 2 rings (SSSR count).